The third-order valence-electron chi connectivity index (χ3n) is 4.98. The Bertz CT molecular complexity index is 407. The van der Waals surface area contributed by atoms with Gasteiger partial charge < -0.3 is 44.1 Å². The van der Waals surface area contributed by atoms with Gasteiger partial charge in [-0.1, -0.05) is 13.8 Å². The van der Waals surface area contributed by atoms with Gasteiger partial charge in [0, 0.05) is 20.1 Å². The van der Waals surface area contributed by atoms with Gasteiger partial charge in [-0.15, -0.1) is 0 Å². The number of aliphatic hydroxyl groups excluding tert-OH is 4. The Morgan fingerprint density at radius 2 is 1.40 bits per heavy atom. The fourth-order valence-corrected chi connectivity index (χ4v) is 3.39. The van der Waals surface area contributed by atoms with Crippen LogP contribution >= 0.6 is 0 Å². The minimum atomic E-state index is -1.41. The average molecular weight is 366 g/mol. The van der Waals surface area contributed by atoms with Crippen LogP contribution < -0.4 is 0 Å². The normalized spacial score (nSPS) is 48.5. The van der Waals surface area contributed by atoms with Gasteiger partial charge in [0.25, 0.3) is 0 Å². The zero-order valence-corrected chi connectivity index (χ0v) is 15.0. The van der Waals surface area contributed by atoms with E-state index in [2.05, 4.69) is 0 Å². The number of rotatable bonds is 6. The summed E-state index contributed by atoms with van der Waals surface area (Å²) >= 11 is 0. The maximum atomic E-state index is 10.3. The van der Waals surface area contributed by atoms with Crippen LogP contribution in [0.5, 0.6) is 0 Å². The van der Waals surface area contributed by atoms with Gasteiger partial charge >= 0.3 is 0 Å². The summed E-state index contributed by atoms with van der Waals surface area (Å²) < 4.78 is 27.1. The van der Waals surface area contributed by atoms with Gasteiger partial charge in [-0.3, -0.25) is 0 Å². The van der Waals surface area contributed by atoms with Crippen LogP contribution in [0.1, 0.15) is 20.3 Å². The van der Waals surface area contributed by atoms with Crippen molar-refractivity contribution in [2.45, 2.75) is 75.6 Å². The highest BCUT2D eigenvalue weighted by Gasteiger charge is 2.49. The minimum Gasteiger partial charge on any atom is -0.390 e. The van der Waals surface area contributed by atoms with Gasteiger partial charge in [0.05, 0.1) is 18.8 Å². The lowest BCUT2D eigenvalue weighted by atomic mass is 9.89. The topological polar surface area (TPSA) is 127 Å². The van der Waals surface area contributed by atoms with E-state index >= 15 is 0 Å². The molecule has 2 heterocycles. The molecule has 0 spiro atoms. The van der Waals surface area contributed by atoms with Crippen molar-refractivity contribution in [3.63, 3.8) is 0 Å². The monoisotopic (exact) mass is 366 g/mol. The molecule has 0 amide bonds. The van der Waals surface area contributed by atoms with E-state index in [-0.39, 0.29) is 18.6 Å². The molecule has 2 aliphatic rings. The van der Waals surface area contributed by atoms with Crippen molar-refractivity contribution in [3.8, 4) is 0 Å². The van der Waals surface area contributed by atoms with E-state index in [0.29, 0.717) is 6.42 Å². The summed E-state index contributed by atoms with van der Waals surface area (Å²) in [4.78, 5) is 0. The summed E-state index contributed by atoms with van der Waals surface area (Å²) in [5, 5.41) is 40.9. The second kappa shape index (κ2) is 9.03. The molecule has 0 aromatic heterocycles. The number of ether oxygens (including phenoxy) is 5. The van der Waals surface area contributed by atoms with Gasteiger partial charge in [0.15, 0.2) is 12.6 Å². The summed E-state index contributed by atoms with van der Waals surface area (Å²) in [6.45, 7) is 3.80. The molecule has 10 atom stereocenters. The number of hydrogen-bond donors (Lipinski definition) is 4. The molecule has 9 nitrogen and oxygen atoms in total. The van der Waals surface area contributed by atoms with Crippen molar-refractivity contribution >= 4 is 0 Å². The van der Waals surface area contributed by atoms with Crippen molar-refractivity contribution < 1.29 is 44.1 Å². The Morgan fingerprint density at radius 1 is 0.840 bits per heavy atom. The zero-order chi connectivity index (χ0) is 18.7. The third kappa shape index (κ3) is 4.32. The zero-order valence-electron chi connectivity index (χ0n) is 15.0. The average Bonchev–Trinajstić information content (AvgIpc) is 2.60. The first-order valence-corrected chi connectivity index (χ1v) is 8.56. The quantitative estimate of drug-likeness (QED) is 0.449. The minimum absolute atomic E-state index is 0.119. The number of aliphatic hydroxyl groups is 4. The van der Waals surface area contributed by atoms with Crippen molar-refractivity contribution in [2.24, 2.45) is 5.92 Å². The first kappa shape index (κ1) is 20.9. The second-order valence-electron chi connectivity index (χ2n) is 6.61. The standard InChI is InChI=1S/C16H30O9/c1-5-8-7(2)10(17)12(19)15(23-8)25-16-13(20)11(18)14(22-4)9(24-16)6-21-3/h7-20H,5-6H2,1-4H3. The van der Waals surface area contributed by atoms with E-state index in [1.807, 2.05) is 6.92 Å². The number of methoxy groups -OCH3 is 2. The summed E-state index contributed by atoms with van der Waals surface area (Å²) in [6, 6.07) is 0. The Balaban J connectivity index is 2.09. The molecule has 4 N–H and O–H groups in total. The summed E-state index contributed by atoms with van der Waals surface area (Å²) in [7, 11) is 2.87. The van der Waals surface area contributed by atoms with Crippen LogP contribution in [0.3, 0.4) is 0 Å². The molecule has 0 aromatic rings. The molecule has 0 radical (unpaired) electrons. The molecule has 2 fully saturated rings. The molecular weight excluding hydrogens is 336 g/mol. The highest BCUT2D eigenvalue weighted by atomic mass is 16.8. The molecule has 0 aliphatic carbocycles. The lowest BCUT2D eigenvalue weighted by Gasteiger charge is -2.46. The van der Waals surface area contributed by atoms with Crippen molar-refractivity contribution in [2.75, 3.05) is 20.8 Å². The Morgan fingerprint density at radius 3 is 1.92 bits per heavy atom. The van der Waals surface area contributed by atoms with E-state index in [9.17, 15) is 20.4 Å². The molecule has 148 valence electrons. The van der Waals surface area contributed by atoms with Crippen LogP contribution in [-0.4, -0.2) is 96.6 Å². The highest BCUT2D eigenvalue weighted by molar-refractivity contribution is 4.92. The third-order valence-corrected chi connectivity index (χ3v) is 4.98. The summed E-state index contributed by atoms with van der Waals surface area (Å²) in [6.07, 6.45) is -8.62. The van der Waals surface area contributed by atoms with Gasteiger partial charge in [-0.25, -0.2) is 0 Å². The molecule has 0 bridgehead atoms. The molecule has 0 aromatic carbocycles. The van der Waals surface area contributed by atoms with Crippen LogP contribution in [0.2, 0.25) is 0 Å². The van der Waals surface area contributed by atoms with E-state index in [1.165, 1.54) is 14.2 Å². The van der Waals surface area contributed by atoms with E-state index in [0.717, 1.165) is 0 Å². The van der Waals surface area contributed by atoms with E-state index < -0.39 is 49.2 Å². The maximum Gasteiger partial charge on any atom is 0.189 e. The number of hydrogen-bond acceptors (Lipinski definition) is 9. The maximum absolute atomic E-state index is 10.3. The first-order chi connectivity index (χ1) is 11.8. The summed E-state index contributed by atoms with van der Waals surface area (Å²) in [5.74, 6) is -0.262. The molecule has 2 saturated heterocycles. The molecule has 9 heteroatoms. The van der Waals surface area contributed by atoms with Crippen LogP contribution in [0.15, 0.2) is 0 Å². The van der Waals surface area contributed by atoms with E-state index in [4.69, 9.17) is 23.7 Å². The first-order valence-electron chi connectivity index (χ1n) is 8.56. The molecular formula is C16H30O9. The van der Waals surface area contributed by atoms with Gasteiger partial charge in [-0.2, -0.15) is 0 Å². The molecule has 25 heavy (non-hydrogen) atoms. The van der Waals surface area contributed by atoms with E-state index in [1.54, 1.807) is 6.92 Å². The van der Waals surface area contributed by atoms with Gasteiger partial charge in [0.2, 0.25) is 0 Å². The predicted octanol–water partition coefficient (Wildman–Crippen LogP) is -1.40. The fourth-order valence-electron chi connectivity index (χ4n) is 3.39. The Kier molecular flexibility index (Phi) is 7.56. The largest absolute Gasteiger partial charge is 0.390 e. The molecule has 0 saturated carbocycles. The van der Waals surface area contributed by atoms with Crippen LogP contribution in [0.25, 0.3) is 0 Å². The Hall–Kier alpha value is -0.360. The second-order valence-corrected chi connectivity index (χ2v) is 6.61. The van der Waals surface area contributed by atoms with Crippen LogP contribution in [0.4, 0.5) is 0 Å². The van der Waals surface area contributed by atoms with Gasteiger partial charge in [-0.05, 0) is 6.42 Å². The van der Waals surface area contributed by atoms with Crippen molar-refractivity contribution in [1.29, 1.82) is 0 Å². The van der Waals surface area contributed by atoms with Gasteiger partial charge in [0.1, 0.15) is 30.5 Å². The highest BCUT2D eigenvalue weighted by Crippen LogP contribution is 2.31. The van der Waals surface area contributed by atoms with Crippen LogP contribution in [0, 0.1) is 5.92 Å². The predicted molar refractivity (Wildman–Crippen MR) is 84.6 cm³/mol. The SMILES string of the molecule is CCC1OC(OC2OC(COC)C(OC)C(O)C2O)C(O)C(O)C1C. The van der Waals surface area contributed by atoms with Crippen molar-refractivity contribution in [3.05, 3.63) is 0 Å². The smallest absolute Gasteiger partial charge is 0.189 e. The van der Waals surface area contributed by atoms with Crippen molar-refractivity contribution in [1.82, 2.24) is 0 Å². The Labute approximate surface area is 147 Å². The molecule has 2 aliphatic heterocycles. The lowest BCUT2D eigenvalue weighted by molar-refractivity contribution is -0.372. The fraction of sp³-hybridized carbons (Fsp3) is 1.00. The lowest BCUT2D eigenvalue weighted by Crippen LogP contribution is -2.62. The van der Waals surface area contributed by atoms with Crippen LogP contribution in [-0.2, 0) is 23.7 Å². The molecule has 10 unspecified atom stereocenters. The summed E-state index contributed by atoms with van der Waals surface area (Å²) in [5.41, 5.74) is 0. The molecule has 2 rings (SSSR count).